The maximum atomic E-state index is 11.5. The van der Waals surface area contributed by atoms with Crippen molar-refractivity contribution in [2.45, 2.75) is 33.3 Å². The Kier molecular flexibility index (Phi) is 4.43. The number of rotatable bonds is 4. The number of hydrogen-bond acceptors (Lipinski definition) is 2. The van der Waals surface area contributed by atoms with Gasteiger partial charge in [-0.25, -0.2) is 4.79 Å². The minimum Gasteiger partial charge on any atom is -0.478 e. The average molecular weight is 284 g/mol. The van der Waals surface area contributed by atoms with E-state index in [0.29, 0.717) is 16.7 Å². The molecule has 1 atom stereocenters. The topological polar surface area (TPSA) is 57.5 Å². The van der Waals surface area contributed by atoms with E-state index in [1.54, 1.807) is 13.0 Å². The molecule has 2 N–H and O–H groups in total. The Balaban J connectivity index is 2.54. The molecule has 0 heterocycles. The molecule has 0 spiro atoms. The lowest BCUT2D eigenvalue weighted by molar-refractivity contribution is 0.0690. The fraction of sp³-hybridized carbons (Fsp3) is 0.278. The zero-order chi connectivity index (χ0) is 15.6. The lowest BCUT2D eigenvalue weighted by atomic mass is 9.90. The van der Waals surface area contributed by atoms with Gasteiger partial charge in [0.05, 0.1) is 5.56 Å². The minimum atomic E-state index is -1.00. The Labute approximate surface area is 124 Å². The van der Waals surface area contributed by atoms with Gasteiger partial charge in [-0.05, 0) is 42.5 Å². The van der Waals surface area contributed by atoms with E-state index in [-0.39, 0.29) is 5.56 Å². The molecule has 3 nitrogen and oxygen atoms in total. The van der Waals surface area contributed by atoms with Gasteiger partial charge in [0.15, 0.2) is 0 Å². The maximum absolute atomic E-state index is 11.5. The molecular weight excluding hydrogens is 264 g/mol. The summed E-state index contributed by atoms with van der Waals surface area (Å²) in [5.41, 5.74) is 4.01. The van der Waals surface area contributed by atoms with Crippen molar-refractivity contribution in [1.82, 2.24) is 0 Å². The number of aromatic carboxylic acids is 1. The van der Waals surface area contributed by atoms with Crippen molar-refractivity contribution < 1.29 is 15.0 Å². The third-order valence-corrected chi connectivity index (χ3v) is 3.86. The van der Waals surface area contributed by atoms with E-state index in [9.17, 15) is 15.0 Å². The molecule has 21 heavy (non-hydrogen) atoms. The monoisotopic (exact) mass is 284 g/mol. The maximum Gasteiger partial charge on any atom is 0.336 e. The van der Waals surface area contributed by atoms with E-state index in [4.69, 9.17) is 0 Å². The predicted octanol–water partition coefficient (Wildman–Crippen LogP) is 3.65. The number of hydrogen-bond donors (Lipinski definition) is 2. The molecule has 2 aromatic rings. The predicted molar refractivity (Wildman–Crippen MR) is 82.8 cm³/mol. The third kappa shape index (κ3) is 2.98. The lowest BCUT2D eigenvalue weighted by Crippen LogP contribution is -2.12. The normalized spacial score (nSPS) is 12.2. The van der Waals surface area contributed by atoms with E-state index in [1.807, 2.05) is 37.3 Å². The molecule has 0 saturated carbocycles. The summed E-state index contributed by atoms with van der Waals surface area (Å²) in [5, 5.41) is 20.1. The summed E-state index contributed by atoms with van der Waals surface area (Å²) >= 11 is 0. The van der Waals surface area contributed by atoms with Gasteiger partial charge in [0.1, 0.15) is 6.10 Å². The van der Waals surface area contributed by atoms with Crippen molar-refractivity contribution in [3.8, 4) is 0 Å². The number of benzene rings is 2. The van der Waals surface area contributed by atoms with Gasteiger partial charge in [0.2, 0.25) is 0 Å². The Morgan fingerprint density at radius 3 is 2.14 bits per heavy atom. The first-order valence-corrected chi connectivity index (χ1v) is 7.06. The molecule has 0 bridgehead atoms. The lowest BCUT2D eigenvalue weighted by Gasteiger charge is -2.18. The number of aryl methyl sites for hydroxylation is 3. The molecule has 0 saturated heterocycles. The highest BCUT2D eigenvalue weighted by molar-refractivity contribution is 5.92. The van der Waals surface area contributed by atoms with Gasteiger partial charge in [0, 0.05) is 5.56 Å². The Bertz CT molecular complexity index is 657. The Morgan fingerprint density at radius 2 is 1.62 bits per heavy atom. The summed E-state index contributed by atoms with van der Waals surface area (Å²) in [6.07, 6.45) is 0.00199. The molecule has 0 aliphatic carbocycles. The van der Waals surface area contributed by atoms with Crippen LogP contribution >= 0.6 is 0 Å². The molecule has 0 fully saturated rings. The van der Waals surface area contributed by atoms with E-state index < -0.39 is 12.1 Å². The molecule has 1 unspecified atom stereocenters. The summed E-state index contributed by atoms with van der Waals surface area (Å²) in [6, 6.07) is 11.3. The van der Waals surface area contributed by atoms with Crippen LogP contribution in [0.4, 0.5) is 0 Å². The van der Waals surface area contributed by atoms with Crippen LogP contribution in [0.2, 0.25) is 0 Å². The van der Waals surface area contributed by atoms with E-state index >= 15 is 0 Å². The second-order valence-corrected chi connectivity index (χ2v) is 5.29. The van der Waals surface area contributed by atoms with Crippen LogP contribution in [0.5, 0.6) is 0 Å². The number of carbonyl (C=O) groups is 1. The van der Waals surface area contributed by atoms with Crippen LogP contribution in [0.3, 0.4) is 0 Å². The van der Waals surface area contributed by atoms with Crippen LogP contribution in [0, 0.1) is 13.8 Å². The Hall–Kier alpha value is -2.13. The second-order valence-electron chi connectivity index (χ2n) is 5.29. The summed E-state index contributed by atoms with van der Waals surface area (Å²) in [5.74, 6) is -1.00. The van der Waals surface area contributed by atoms with E-state index in [1.165, 1.54) is 5.56 Å². The first-order valence-electron chi connectivity index (χ1n) is 7.06. The molecule has 110 valence electrons. The zero-order valence-corrected chi connectivity index (χ0v) is 12.6. The fourth-order valence-corrected chi connectivity index (χ4v) is 2.57. The second kappa shape index (κ2) is 6.10. The molecule has 0 radical (unpaired) electrons. The van der Waals surface area contributed by atoms with Gasteiger partial charge in [-0.3, -0.25) is 0 Å². The molecule has 0 aromatic heterocycles. The largest absolute Gasteiger partial charge is 0.478 e. The number of aliphatic hydroxyl groups excluding tert-OH is 1. The van der Waals surface area contributed by atoms with Crippen LogP contribution in [-0.2, 0) is 6.42 Å². The van der Waals surface area contributed by atoms with Crippen LogP contribution in [0.1, 0.15) is 51.2 Å². The van der Waals surface area contributed by atoms with Crippen molar-refractivity contribution in [3.05, 3.63) is 69.8 Å². The number of carboxylic acid groups (broad SMARTS) is 1. The average Bonchev–Trinajstić information content (AvgIpc) is 2.48. The van der Waals surface area contributed by atoms with Crippen molar-refractivity contribution >= 4 is 5.97 Å². The summed E-state index contributed by atoms with van der Waals surface area (Å²) in [7, 11) is 0. The minimum absolute atomic E-state index is 0.196. The molecule has 0 aliphatic heterocycles. The Morgan fingerprint density at radius 1 is 1.05 bits per heavy atom. The van der Waals surface area contributed by atoms with Crippen molar-refractivity contribution in [1.29, 1.82) is 0 Å². The van der Waals surface area contributed by atoms with Crippen LogP contribution < -0.4 is 0 Å². The molecule has 2 aromatic carbocycles. The first kappa shape index (κ1) is 15.3. The van der Waals surface area contributed by atoms with Crippen LogP contribution in [0.25, 0.3) is 0 Å². The van der Waals surface area contributed by atoms with Gasteiger partial charge < -0.3 is 10.2 Å². The highest BCUT2D eigenvalue weighted by Gasteiger charge is 2.22. The van der Waals surface area contributed by atoms with Crippen molar-refractivity contribution in [2.75, 3.05) is 0 Å². The quantitative estimate of drug-likeness (QED) is 0.901. The summed E-state index contributed by atoms with van der Waals surface area (Å²) < 4.78 is 0. The summed E-state index contributed by atoms with van der Waals surface area (Å²) in [6.45, 7) is 5.64. The van der Waals surface area contributed by atoms with E-state index in [2.05, 4.69) is 6.92 Å². The van der Waals surface area contributed by atoms with Gasteiger partial charge >= 0.3 is 5.97 Å². The van der Waals surface area contributed by atoms with Crippen LogP contribution in [0.15, 0.2) is 36.4 Å². The highest BCUT2D eigenvalue weighted by Crippen LogP contribution is 2.30. The standard InChI is InChI=1S/C18H20O3/c1-4-13-7-9-14(10-8-13)17(19)15-11(2)5-6-12(3)16(15)18(20)21/h5-10,17,19H,4H2,1-3H3,(H,20,21). The SMILES string of the molecule is CCc1ccc(C(O)c2c(C)ccc(C)c2C(=O)O)cc1. The third-order valence-electron chi connectivity index (χ3n) is 3.86. The van der Waals surface area contributed by atoms with Crippen molar-refractivity contribution in [2.24, 2.45) is 0 Å². The van der Waals surface area contributed by atoms with Gasteiger partial charge in [-0.15, -0.1) is 0 Å². The van der Waals surface area contributed by atoms with Crippen LogP contribution in [-0.4, -0.2) is 16.2 Å². The molecule has 3 heteroatoms. The number of aliphatic hydroxyl groups is 1. The van der Waals surface area contributed by atoms with Gasteiger partial charge in [-0.2, -0.15) is 0 Å². The molecule has 0 amide bonds. The van der Waals surface area contributed by atoms with Gasteiger partial charge in [-0.1, -0.05) is 43.3 Å². The molecule has 2 rings (SSSR count). The van der Waals surface area contributed by atoms with E-state index in [0.717, 1.165) is 12.0 Å². The first-order chi connectivity index (χ1) is 9.95. The zero-order valence-electron chi connectivity index (χ0n) is 12.6. The number of carboxylic acids is 1. The molecular formula is C18H20O3. The summed E-state index contributed by atoms with van der Waals surface area (Å²) in [4.78, 5) is 11.5. The van der Waals surface area contributed by atoms with Crippen molar-refractivity contribution in [3.63, 3.8) is 0 Å². The smallest absolute Gasteiger partial charge is 0.336 e. The van der Waals surface area contributed by atoms with Gasteiger partial charge in [0.25, 0.3) is 0 Å². The fourth-order valence-electron chi connectivity index (χ4n) is 2.57. The molecule has 0 aliphatic rings. The highest BCUT2D eigenvalue weighted by atomic mass is 16.4.